The lowest BCUT2D eigenvalue weighted by Gasteiger charge is -2.03. The van der Waals surface area contributed by atoms with Gasteiger partial charge in [0.05, 0.1) is 5.69 Å². The summed E-state index contributed by atoms with van der Waals surface area (Å²) >= 11 is 5.78. The van der Waals surface area contributed by atoms with Crippen LogP contribution in [-0.4, -0.2) is 21.1 Å². The molecule has 0 bridgehead atoms. The van der Waals surface area contributed by atoms with Gasteiger partial charge >= 0.3 is 0 Å². The maximum atomic E-state index is 10.8. The zero-order valence-corrected chi connectivity index (χ0v) is 9.08. The van der Waals surface area contributed by atoms with Crippen molar-refractivity contribution in [1.82, 2.24) is 9.78 Å². The molecule has 78 valence electrons. The lowest BCUT2D eigenvalue weighted by Crippen LogP contribution is -2.25. The molecule has 0 radical (unpaired) electrons. The van der Waals surface area contributed by atoms with Crippen LogP contribution in [0.4, 0.5) is 0 Å². The van der Waals surface area contributed by atoms with Gasteiger partial charge in [-0.3, -0.25) is 9.48 Å². The van der Waals surface area contributed by atoms with Gasteiger partial charge in [0.15, 0.2) is 0 Å². The molecule has 0 aliphatic carbocycles. The molecule has 1 unspecified atom stereocenters. The molecule has 2 N–H and O–H groups in total. The summed E-state index contributed by atoms with van der Waals surface area (Å²) in [6.07, 6.45) is 3.16. The number of hydrogen-bond acceptors (Lipinski definition) is 2. The van der Waals surface area contributed by atoms with Crippen molar-refractivity contribution in [1.29, 1.82) is 0 Å². The topological polar surface area (TPSA) is 60.9 Å². The Kier molecular flexibility index (Phi) is 3.52. The Morgan fingerprint density at radius 2 is 2.43 bits per heavy atom. The average Bonchev–Trinajstić information content (AvgIpc) is 2.45. The average molecular weight is 216 g/mol. The van der Waals surface area contributed by atoms with Gasteiger partial charge in [0.25, 0.3) is 0 Å². The van der Waals surface area contributed by atoms with E-state index >= 15 is 0 Å². The summed E-state index contributed by atoms with van der Waals surface area (Å²) in [4.78, 5) is 10.8. The first-order valence-electron chi connectivity index (χ1n) is 4.49. The van der Waals surface area contributed by atoms with Gasteiger partial charge in [-0.1, -0.05) is 6.92 Å². The molecule has 5 heteroatoms. The predicted octanol–water partition coefficient (Wildman–Crippen LogP) is 0.618. The number of nitrogens with two attached hydrogens (primary N) is 1. The van der Waals surface area contributed by atoms with E-state index in [-0.39, 0.29) is 0 Å². The third kappa shape index (κ3) is 2.48. The maximum absolute atomic E-state index is 10.8. The summed E-state index contributed by atoms with van der Waals surface area (Å²) in [5.74, 6) is -0.488. The number of alkyl halides is 1. The molecule has 0 spiro atoms. The minimum absolute atomic E-state index is 0.452. The van der Waals surface area contributed by atoms with E-state index in [9.17, 15) is 4.79 Å². The van der Waals surface area contributed by atoms with Crippen molar-refractivity contribution < 1.29 is 4.79 Å². The van der Waals surface area contributed by atoms with Crippen LogP contribution >= 0.6 is 11.6 Å². The zero-order valence-electron chi connectivity index (χ0n) is 8.33. The van der Waals surface area contributed by atoms with Gasteiger partial charge in [0, 0.05) is 19.7 Å². The zero-order chi connectivity index (χ0) is 10.7. The number of halogens is 1. The van der Waals surface area contributed by atoms with E-state index in [2.05, 4.69) is 5.10 Å². The van der Waals surface area contributed by atoms with E-state index in [0.717, 1.165) is 17.7 Å². The van der Waals surface area contributed by atoms with Crippen molar-refractivity contribution in [2.75, 3.05) is 0 Å². The summed E-state index contributed by atoms with van der Waals surface area (Å²) in [6, 6.07) is 0. The van der Waals surface area contributed by atoms with Crippen molar-refractivity contribution in [3.8, 4) is 0 Å². The lowest BCUT2D eigenvalue weighted by atomic mass is 10.1. The number of aryl methyl sites for hydroxylation is 2. The normalized spacial score (nSPS) is 12.8. The number of aromatic nitrogens is 2. The molecule has 14 heavy (non-hydrogen) atoms. The first kappa shape index (κ1) is 11.0. The molecule has 0 aliphatic rings. The number of amides is 1. The van der Waals surface area contributed by atoms with Crippen LogP contribution in [0.3, 0.4) is 0 Å². The lowest BCUT2D eigenvalue weighted by molar-refractivity contribution is -0.117. The molecule has 0 saturated heterocycles. The Morgan fingerprint density at radius 3 is 2.93 bits per heavy atom. The Labute approximate surface area is 88.0 Å². The largest absolute Gasteiger partial charge is 0.368 e. The first-order valence-corrected chi connectivity index (χ1v) is 4.93. The van der Waals surface area contributed by atoms with Crippen LogP contribution in [0.5, 0.6) is 0 Å². The highest BCUT2D eigenvalue weighted by Crippen LogP contribution is 2.12. The fourth-order valence-electron chi connectivity index (χ4n) is 1.35. The van der Waals surface area contributed by atoms with E-state index in [1.807, 2.05) is 20.2 Å². The Bertz CT molecular complexity index is 335. The number of rotatable bonds is 4. The minimum atomic E-state index is -0.649. The van der Waals surface area contributed by atoms with Crippen molar-refractivity contribution in [3.05, 3.63) is 17.5 Å². The Balaban J connectivity index is 2.79. The maximum Gasteiger partial charge on any atom is 0.235 e. The second kappa shape index (κ2) is 4.46. The van der Waals surface area contributed by atoms with Crippen LogP contribution in [0.1, 0.15) is 18.2 Å². The summed E-state index contributed by atoms with van der Waals surface area (Å²) in [7, 11) is 1.84. The molecule has 0 aromatic carbocycles. The SMILES string of the molecule is CCc1nn(C)cc1CC(Cl)C(N)=O. The van der Waals surface area contributed by atoms with E-state index in [1.54, 1.807) is 4.68 Å². The predicted molar refractivity (Wildman–Crippen MR) is 55.1 cm³/mol. The fraction of sp³-hybridized carbons (Fsp3) is 0.556. The van der Waals surface area contributed by atoms with Crippen LogP contribution < -0.4 is 5.73 Å². The molecule has 1 atom stereocenters. The molecular formula is C9H14ClN3O. The first-order chi connectivity index (χ1) is 6.54. The highest BCUT2D eigenvalue weighted by Gasteiger charge is 2.15. The van der Waals surface area contributed by atoms with Gasteiger partial charge in [0.1, 0.15) is 5.38 Å². The number of nitrogens with zero attached hydrogens (tertiary/aromatic N) is 2. The molecule has 0 saturated carbocycles. The summed E-state index contributed by atoms with van der Waals surface area (Å²) in [5.41, 5.74) is 7.05. The molecule has 1 amide bonds. The van der Waals surface area contributed by atoms with Gasteiger partial charge in [-0.2, -0.15) is 5.10 Å². The number of carbonyl (C=O) groups is 1. The summed E-state index contributed by atoms with van der Waals surface area (Å²) in [6.45, 7) is 2.01. The van der Waals surface area contributed by atoms with Crippen molar-refractivity contribution in [2.24, 2.45) is 12.8 Å². The van der Waals surface area contributed by atoms with Crippen molar-refractivity contribution in [2.45, 2.75) is 25.1 Å². The van der Waals surface area contributed by atoms with Crippen LogP contribution in [0.15, 0.2) is 6.20 Å². The van der Waals surface area contributed by atoms with Crippen LogP contribution in [0.25, 0.3) is 0 Å². The molecule has 1 heterocycles. The monoisotopic (exact) mass is 215 g/mol. The Hall–Kier alpha value is -1.03. The molecule has 0 fully saturated rings. The molecule has 1 aromatic heterocycles. The second-order valence-corrected chi connectivity index (χ2v) is 3.73. The molecule has 4 nitrogen and oxygen atoms in total. The molecule has 0 aliphatic heterocycles. The quantitative estimate of drug-likeness (QED) is 0.749. The van der Waals surface area contributed by atoms with Crippen LogP contribution in [0.2, 0.25) is 0 Å². The Morgan fingerprint density at radius 1 is 1.79 bits per heavy atom. The fourth-order valence-corrected chi connectivity index (χ4v) is 1.51. The molecule has 1 aromatic rings. The van der Waals surface area contributed by atoms with Gasteiger partial charge < -0.3 is 5.73 Å². The van der Waals surface area contributed by atoms with E-state index in [0.29, 0.717) is 6.42 Å². The highest BCUT2D eigenvalue weighted by molar-refractivity contribution is 6.30. The van der Waals surface area contributed by atoms with Crippen molar-refractivity contribution in [3.63, 3.8) is 0 Å². The standard InChI is InChI=1S/C9H14ClN3O/c1-3-8-6(5-13(2)12-8)4-7(10)9(11)14/h5,7H,3-4H2,1-2H3,(H2,11,14). The smallest absolute Gasteiger partial charge is 0.235 e. The second-order valence-electron chi connectivity index (χ2n) is 3.20. The minimum Gasteiger partial charge on any atom is -0.368 e. The van der Waals surface area contributed by atoms with E-state index in [4.69, 9.17) is 17.3 Å². The third-order valence-corrected chi connectivity index (χ3v) is 2.40. The third-order valence-electron chi connectivity index (χ3n) is 2.03. The van der Waals surface area contributed by atoms with Crippen molar-refractivity contribution >= 4 is 17.5 Å². The van der Waals surface area contributed by atoms with Gasteiger partial charge in [0.2, 0.25) is 5.91 Å². The van der Waals surface area contributed by atoms with Crippen LogP contribution in [-0.2, 0) is 24.7 Å². The van der Waals surface area contributed by atoms with Crippen LogP contribution in [0, 0.1) is 0 Å². The molecular weight excluding hydrogens is 202 g/mol. The van der Waals surface area contributed by atoms with E-state index in [1.165, 1.54) is 0 Å². The number of hydrogen-bond donors (Lipinski definition) is 1. The van der Waals surface area contributed by atoms with Gasteiger partial charge in [-0.25, -0.2) is 0 Å². The summed E-state index contributed by atoms with van der Waals surface area (Å²) < 4.78 is 1.72. The summed E-state index contributed by atoms with van der Waals surface area (Å²) in [5, 5.41) is 3.60. The number of carbonyl (C=O) groups excluding carboxylic acids is 1. The molecule has 1 rings (SSSR count). The number of primary amides is 1. The highest BCUT2D eigenvalue weighted by atomic mass is 35.5. The van der Waals surface area contributed by atoms with Gasteiger partial charge in [-0.05, 0) is 12.0 Å². The van der Waals surface area contributed by atoms with E-state index < -0.39 is 11.3 Å². The van der Waals surface area contributed by atoms with Gasteiger partial charge in [-0.15, -0.1) is 11.6 Å².